The van der Waals surface area contributed by atoms with E-state index in [1.165, 1.54) is 16.9 Å². The van der Waals surface area contributed by atoms with Gasteiger partial charge in [0.05, 0.1) is 0 Å². The molecule has 7 heteroatoms. The second kappa shape index (κ2) is 13.5. The Bertz CT molecular complexity index is 249. The fourth-order valence-corrected chi connectivity index (χ4v) is 10.8. The minimum Gasteiger partial charge on any atom is -0.380 e. The van der Waals surface area contributed by atoms with E-state index in [1.54, 1.807) is 0 Å². The van der Waals surface area contributed by atoms with Crippen LogP contribution in [0.5, 0.6) is 0 Å². The molecule has 0 aromatic rings. The zero-order chi connectivity index (χ0) is 17.8. The van der Waals surface area contributed by atoms with Crippen LogP contribution in [0.4, 0.5) is 0 Å². The first kappa shape index (κ1) is 24.3. The summed E-state index contributed by atoms with van der Waals surface area (Å²) in [6, 6.07) is 8.13. The molecule has 0 spiro atoms. The summed E-state index contributed by atoms with van der Waals surface area (Å²) in [5.41, 5.74) is 0. The van der Waals surface area contributed by atoms with Crippen molar-refractivity contribution in [3.8, 4) is 0 Å². The monoisotopic (exact) mass is 490 g/mol. The predicted molar refractivity (Wildman–Crippen MR) is 118 cm³/mol. The van der Waals surface area contributed by atoms with Crippen molar-refractivity contribution in [2.75, 3.05) is 4.43 Å². The summed E-state index contributed by atoms with van der Waals surface area (Å²) < 4.78 is 20.6. The molecular weight excluding hydrogens is 451 g/mol. The third-order valence-corrected chi connectivity index (χ3v) is 16.5. The lowest BCUT2D eigenvalue weighted by Gasteiger charge is -2.38. The summed E-state index contributed by atoms with van der Waals surface area (Å²) in [6.45, 7) is 13.3. The van der Waals surface area contributed by atoms with Gasteiger partial charge in [0.2, 0.25) is 6.48 Å². The number of rotatable bonds is 15. The van der Waals surface area contributed by atoms with Crippen molar-refractivity contribution in [1.82, 2.24) is 0 Å². The van der Waals surface area contributed by atoms with E-state index in [9.17, 15) is 0 Å². The van der Waals surface area contributed by atoms with Crippen molar-refractivity contribution < 1.29 is 13.3 Å². The molecule has 0 aromatic carbocycles. The predicted octanol–water partition coefficient (Wildman–Crippen LogP) is 5.66. The molecule has 0 unspecified atom stereocenters. The Kier molecular flexibility index (Phi) is 14.2. The molecule has 0 atom stereocenters. The lowest BCUT2D eigenvalue weighted by atomic mass is 10.6. The Morgan fingerprint density at radius 2 is 1.17 bits per heavy atom. The van der Waals surface area contributed by atoms with Gasteiger partial charge in [-0.2, -0.15) is 0 Å². The zero-order valence-corrected chi connectivity index (χ0v) is 21.8. The Morgan fingerprint density at radius 1 is 0.783 bits per heavy atom. The van der Waals surface area contributed by atoms with Gasteiger partial charge in [0.25, 0.3) is 0 Å². The normalized spacial score (nSPS) is 13.6. The van der Waals surface area contributed by atoms with Gasteiger partial charge in [0.15, 0.2) is 26.4 Å². The molecule has 0 amide bonds. The number of hydrogen-bond donors (Lipinski definition) is 0. The highest BCUT2D eigenvalue weighted by Crippen LogP contribution is 2.29. The molecule has 140 valence electrons. The Balaban J connectivity index is 4.98. The second-order valence-electron chi connectivity index (χ2n) is 6.28. The molecule has 23 heavy (non-hydrogen) atoms. The van der Waals surface area contributed by atoms with E-state index in [1.807, 2.05) is 0 Å². The van der Waals surface area contributed by atoms with E-state index in [2.05, 4.69) is 64.1 Å². The molecule has 0 saturated heterocycles. The molecule has 0 N–H and O–H groups in total. The Morgan fingerprint density at radius 3 is 1.48 bits per heavy atom. The van der Waals surface area contributed by atoms with Gasteiger partial charge in [-0.25, -0.2) is 0 Å². The van der Waals surface area contributed by atoms with Crippen molar-refractivity contribution in [2.24, 2.45) is 0 Å². The first-order chi connectivity index (χ1) is 11.0. The summed E-state index contributed by atoms with van der Waals surface area (Å²) in [7, 11) is -3.93. The lowest BCUT2D eigenvalue weighted by Crippen LogP contribution is -2.48. The van der Waals surface area contributed by atoms with Crippen LogP contribution in [0.3, 0.4) is 0 Å². The van der Waals surface area contributed by atoms with Crippen molar-refractivity contribution >= 4 is 49.0 Å². The third kappa shape index (κ3) is 8.46. The topological polar surface area (TPSA) is 27.7 Å². The van der Waals surface area contributed by atoms with E-state index in [0.717, 1.165) is 36.3 Å². The van der Waals surface area contributed by atoms with Crippen molar-refractivity contribution in [3.63, 3.8) is 0 Å². The quantitative estimate of drug-likeness (QED) is 0.0975. The summed E-state index contributed by atoms with van der Waals surface area (Å²) in [5.74, 6) is 0. The van der Waals surface area contributed by atoms with Gasteiger partial charge in [-0.3, -0.25) is 0 Å². The maximum Gasteiger partial charge on any atom is 0.242 e. The molecule has 0 aliphatic carbocycles. The van der Waals surface area contributed by atoms with Gasteiger partial charge in [-0.1, -0.05) is 64.1 Å². The molecule has 0 aliphatic heterocycles. The molecule has 0 aromatic heterocycles. The highest BCUT2D eigenvalue weighted by Gasteiger charge is 2.38. The number of alkyl halides is 1. The lowest BCUT2D eigenvalue weighted by molar-refractivity contribution is -0.155. The van der Waals surface area contributed by atoms with Crippen LogP contribution in [0.15, 0.2) is 0 Å². The van der Waals surface area contributed by atoms with Crippen molar-refractivity contribution in [3.05, 3.63) is 0 Å². The van der Waals surface area contributed by atoms with Gasteiger partial charge in [-0.05, 0) is 53.2 Å². The van der Waals surface area contributed by atoms with Crippen molar-refractivity contribution in [1.29, 1.82) is 0 Å². The highest BCUT2D eigenvalue weighted by molar-refractivity contribution is 14.1. The Labute approximate surface area is 163 Å². The van der Waals surface area contributed by atoms with Crippen LogP contribution >= 0.6 is 22.6 Å². The molecular formula is C16H39IO3Si3. The number of hydrogen-bond acceptors (Lipinski definition) is 3. The van der Waals surface area contributed by atoms with E-state index in [-0.39, 0.29) is 6.48 Å². The van der Waals surface area contributed by atoms with Gasteiger partial charge in [0.1, 0.15) is 0 Å². The van der Waals surface area contributed by atoms with Crippen LogP contribution in [0.2, 0.25) is 42.3 Å². The van der Waals surface area contributed by atoms with Gasteiger partial charge in [0, 0.05) is 0 Å². The molecule has 0 saturated carbocycles. The number of halogens is 1. The summed E-state index contributed by atoms with van der Waals surface area (Å²) >= 11 is 2.44. The average molecular weight is 491 g/mol. The summed E-state index contributed by atoms with van der Waals surface area (Å²) in [4.78, 5) is 0. The minimum atomic E-state index is -1.69. The maximum atomic E-state index is 6.59. The highest BCUT2D eigenvalue weighted by atomic mass is 127. The van der Waals surface area contributed by atoms with Crippen LogP contribution < -0.4 is 0 Å². The smallest absolute Gasteiger partial charge is 0.242 e. The zero-order valence-electron chi connectivity index (χ0n) is 16.3. The minimum absolute atomic E-state index is 0.367. The third-order valence-electron chi connectivity index (χ3n) is 5.34. The van der Waals surface area contributed by atoms with E-state index < -0.39 is 26.4 Å². The molecule has 3 nitrogen and oxygen atoms in total. The molecule has 0 bridgehead atoms. The molecule has 0 rings (SSSR count). The SMILES string of the molecule is CC[Si](CC)(CC)OC(O[SiH2]CCCI)O[Si](CC)(CC)CC. The van der Waals surface area contributed by atoms with Gasteiger partial charge in [-0.15, -0.1) is 0 Å². The van der Waals surface area contributed by atoms with Crippen LogP contribution in [0.25, 0.3) is 0 Å². The van der Waals surface area contributed by atoms with Crippen LogP contribution in [-0.4, -0.2) is 37.3 Å². The fourth-order valence-electron chi connectivity index (χ4n) is 2.88. The largest absolute Gasteiger partial charge is 0.380 e. The first-order valence-electron chi connectivity index (χ1n) is 9.54. The van der Waals surface area contributed by atoms with Gasteiger partial charge >= 0.3 is 0 Å². The second-order valence-corrected chi connectivity index (χ2v) is 18.3. The Hall–Kier alpha value is 1.26. The van der Waals surface area contributed by atoms with Crippen LogP contribution in [-0.2, 0) is 13.3 Å². The summed E-state index contributed by atoms with van der Waals surface area (Å²) in [6.07, 6.45) is 1.26. The first-order valence-corrected chi connectivity index (χ1v) is 17.7. The molecule has 0 heterocycles. The molecule has 0 radical (unpaired) electrons. The molecule has 0 fully saturated rings. The van der Waals surface area contributed by atoms with E-state index in [0.29, 0.717) is 0 Å². The van der Waals surface area contributed by atoms with Crippen LogP contribution in [0, 0.1) is 0 Å². The average Bonchev–Trinajstić information content (AvgIpc) is 2.61. The standard InChI is InChI=1S/C16H39IO3Si3/c1-7-22(8-2,9-3)19-16(18-21-15-13-14-17)20-23(10-4,11-5)12-6/h16H,7-15,21H2,1-6H3. The summed E-state index contributed by atoms with van der Waals surface area (Å²) in [5, 5.41) is 0. The van der Waals surface area contributed by atoms with E-state index in [4.69, 9.17) is 13.3 Å². The maximum absolute atomic E-state index is 6.59. The molecule has 0 aliphatic rings. The van der Waals surface area contributed by atoms with Crippen LogP contribution in [0.1, 0.15) is 48.0 Å². The fraction of sp³-hybridized carbons (Fsp3) is 1.00. The van der Waals surface area contributed by atoms with E-state index >= 15 is 0 Å². The van der Waals surface area contributed by atoms with Gasteiger partial charge < -0.3 is 13.3 Å². The van der Waals surface area contributed by atoms with Crippen molar-refractivity contribution in [2.45, 2.75) is 96.7 Å².